The highest BCUT2D eigenvalue weighted by Gasteiger charge is 2.20. The van der Waals surface area contributed by atoms with Gasteiger partial charge in [0.1, 0.15) is 0 Å². The summed E-state index contributed by atoms with van der Waals surface area (Å²) in [5.41, 5.74) is 8.17. The first kappa shape index (κ1) is 27.4. The van der Waals surface area contributed by atoms with Crippen LogP contribution < -0.4 is 0 Å². The van der Waals surface area contributed by atoms with E-state index in [4.69, 9.17) is 4.98 Å². The van der Waals surface area contributed by atoms with Crippen molar-refractivity contribution in [2.75, 3.05) is 33.2 Å². The van der Waals surface area contributed by atoms with E-state index in [1.54, 1.807) is 0 Å². The number of benzene rings is 3. The summed E-state index contributed by atoms with van der Waals surface area (Å²) < 4.78 is 0. The lowest BCUT2D eigenvalue weighted by atomic mass is 9.99. The number of aryl methyl sites for hydroxylation is 1. The number of nitrogens with zero attached hydrogens (tertiary/aromatic N) is 3. The summed E-state index contributed by atoms with van der Waals surface area (Å²) in [7, 11) is 2.10. The average Bonchev–Trinajstić information content (AvgIpc) is 2.89. The molecule has 4 aromatic rings. The van der Waals surface area contributed by atoms with Gasteiger partial charge in [0, 0.05) is 42.9 Å². The van der Waals surface area contributed by atoms with Gasteiger partial charge in [-0.1, -0.05) is 72.3 Å². The Morgan fingerprint density at radius 3 is 1.78 bits per heavy atom. The zero-order valence-corrected chi connectivity index (χ0v) is 22.2. The molecular weight excluding hydrogens is 489 g/mol. The zero-order valence-electron chi connectivity index (χ0n) is 20.6. The Morgan fingerprint density at radius 2 is 1.19 bits per heavy atom. The summed E-state index contributed by atoms with van der Waals surface area (Å²) in [6, 6.07) is 31.0. The normalized spacial score (nSPS) is 13.4. The van der Waals surface area contributed by atoms with Crippen LogP contribution >= 0.6 is 24.8 Å². The highest BCUT2D eigenvalue weighted by molar-refractivity contribution is 5.95. The number of rotatable bonds is 4. The Kier molecular flexibility index (Phi) is 9.27. The van der Waals surface area contributed by atoms with E-state index in [0.717, 1.165) is 65.4 Å². The van der Waals surface area contributed by atoms with E-state index in [1.165, 1.54) is 5.56 Å². The topological polar surface area (TPSA) is 36.4 Å². The number of carbonyl (C=O) groups excluding carboxylic acids is 1. The number of piperazine rings is 1. The third kappa shape index (κ3) is 6.14. The maximum absolute atomic E-state index is 13.0. The van der Waals surface area contributed by atoms with Gasteiger partial charge in [-0.05, 0) is 49.4 Å². The zero-order chi connectivity index (χ0) is 23.5. The maximum Gasteiger partial charge on any atom is 0.253 e. The Bertz CT molecular complexity index is 1280. The third-order valence-electron chi connectivity index (χ3n) is 6.50. The highest BCUT2D eigenvalue weighted by Crippen LogP contribution is 2.30. The summed E-state index contributed by atoms with van der Waals surface area (Å²) in [6.07, 6.45) is 0. The Morgan fingerprint density at radius 1 is 0.667 bits per heavy atom. The molecule has 0 saturated carbocycles. The smallest absolute Gasteiger partial charge is 0.253 e. The molecule has 1 aliphatic rings. The maximum atomic E-state index is 13.0. The monoisotopic (exact) mass is 519 g/mol. The van der Waals surface area contributed by atoms with E-state index >= 15 is 0 Å². The predicted octanol–water partition coefficient (Wildman–Crippen LogP) is 6.62. The molecule has 0 unspecified atom stereocenters. The summed E-state index contributed by atoms with van der Waals surface area (Å²) in [5.74, 6) is 0.103. The molecule has 186 valence electrons. The fourth-order valence-electron chi connectivity index (χ4n) is 4.32. The Balaban J connectivity index is 0.00000180. The number of aromatic nitrogens is 1. The second-order valence-corrected chi connectivity index (χ2v) is 9.03. The van der Waals surface area contributed by atoms with Gasteiger partial charge in [-0.15, -0.1) is 24.8 Å². The number of hydrogen-bond donors (Lipinski definition) is 0. The number of likely N-dealkylation sites (N-methyl/N-ethyl adjacent to an activating group) is 1. The van der Waals surface area contributed by atoms with E-state index in [-0.39, 0.29) is 30.7 Å². The molecule has 1 amide bonds. The molecule has 1 fully saturated rings. The number of halogens is 2. The van der Waals surface area contributed by atoms with Crippen LogP contribution in [0.1, 0.15) is 15.9 Å². The molecule has 36 heavy (non-hydrogen) atoms. The molecule has 3 aromatic carbocycles. The number of carbonyl (C=O) groups is 1. The quantitative estimate of drug-likeness (QED) is 0.303. The largest absolute Gasteiger partial charge is 0.336 e. The van der Waals surface area contributed by atoms with Crippen molar-refractivity contribution in [2.24, 2.45) is 0 Å². The van der Waals surface area contributed by atoms with Crippen LogP contribution in [-0.4, -0.2) is 53.9 Å². The molecule has 0 atom stereocenters. The van der Waals surface area contributed by atoms with Gasteiger partial charge in [-0.25, -0.2) is 4.98 Å². The van der Waals surface area contributed by atoms with Gasteiger partial charge in [-0.2, -0.15) is 0 Å². The fraction of sp³-hybridized carbons (Fsp3) is 0.200. The van der Waals surface area contributed by atoms with Crippen molar-refractivity contribution in [1.29, 1.82) is 0 Å². The highest BCUT2D eigenvalue weighted by atomic mass is 35.5. The van der Waals surface area contributed by atoms with Crippen molar-refractivity contribution in [3.63, 3.8) is 0 Å². The van der Waals surface area contributed by atoms with Crippen LogP contribution in [0.3, 0.4) is 0 Å². The van der Waals surface area contributed by atoms with Gasteiger partial charge in [0.15, 0.2) is 0 Å². The van der Waals surface area contributed by atoms with Crippen LogP contribution in [-0.2, 0) is 0 Å². The molecule has 0 spiro atoms. The van der Waals surface area contributed by atoms with Crippen molar-refractivity contribution in [2.45, 2.75) is 6.92 Å². The first-order chi connectivity index (χ1) is 16.6. The van der Waals surface area contributed by atoms with Crippen molar-refractivity contribution in [3.8, 4) is 33.6 Å². The fourth-order valence-corrected chi connectivity index (χ4v) is 4.32. The lowest BCUT2D eigenvalue weighted by Gasteiger charge is -2.32. The van der Waals surface area contributed by atoms with Crippen LogP contribution in [0, 0.1) is 6.92 Å². The molecule has 0 bridgehead atoms. The van der Waals surface area contributed by atoms with Crippen molar-refractivity contribution < 1.29 is 4.79 Å². The average molecular weight is 521 g/mol. The van der Waals surface area contributed by atoms with Gasteiger partial charge in [0.05, 0.1) is 11.4 Å². The number of pyridine rings is 1. The van der Waals surface area contributed by atoms with E-state index in [2.05, 4.69) is 67.4 Å². The molecule has 1 aliphatic heterocycles. The predicted molar refractivity (Wildman–Crippen MR) is 153 cm³/mol. The molecule has 4 nitrogen and oxygen atoms in total. The summed E-state index contributed by atoms with van der Waals surface area (Å²) in [6.45, 7) is 5.49. The van der Waals surface area contributed by atoms with Crippen LogP contribution in [0.5, 0.6) is 0 Å². The second kappa shape index (κ2) is 12.2. The summed E-state index contributed by atoms with van der Waals surface area (Å²) in [5, 5.41) is 0. The number of hydrogen-bond acceptors (Lipinski definition) is 3. The molecule has 0 aliphatic carbocycles. The van der Waals surface area contributed by atoms with Gasteiger partial charge in [0.2, 0.25) is 0 Å². The lowest BCUT2D eigenvalue weighted by Crippen LogP contribution is -2.47. The molecule has 0 radical (unpaired) electrons. The first-order valence-corrected chi connectivity index (χ1v) is 11.8. The SMILES string of the molecule is Cc1ccc(-c2cc(-c3ccccc3)nc(-c3ccc(C(=O)N4CCN(C)CC4)cc3)c2)cc1.Cl.Cl. The second-order valence-electron chi connectivity index (χ2n) is 9.03. The molecule has 6 heteroatoms. The lowest BCUT2D eigenvalue weighted by molar-refractivity contribution is 0.0664. The van der Waals surface area contributed by atoms with Gasteiger partial charge in [-0.3, -0.25) is 4.79 Å². The first-order valence-electron chi connectivity index (χ1n) is 11.8. The minimum atomic E-state index is 0. The van der Waals surface area contributed by atoms with Crippen LogP contribution in [0.2, 0.25) is 0 Å². The molecule has 2 heterocycles. The van der Waals surface area contributed by atoms with Crippen LogP contribution in [0.25, 0.3) is 33.6 Å². The summed E-state index contributed by atoms with van der Waals surface area (Å²) >= 11 is 0. The van der Waals surface area contributed by atoms with Crippen molar-refractivity contribution >= 4 is 30.7 Å². The van der Waals surface area contributed by atoms with Crippen LogP contribution in [0.15, 0.2) is 91.0 Å². The van der Waals surface area contributed by atoms with Crippen LogP contribution in [0.4, 0.5) is 0 Å². The Labute approximate surface area is 225 Å². The van der Waals surface area contributed by atoms with Gasteiger partial charge >= 0.3 is 0 Å². The molecule has 0 N–H and O–H groups in total. The van der Waals surface area contributed by atoms with E-state index in [0.29, 0.717) is 0 Å². The molecule has 1 aromatic heterocycles. The van der Waals surface area contributed by atoms with E-state index < -0.39 is 0 Å². The standard InChI is InChI=1S/C30H29N3O.2ClH/c1-22-8-10-23(11-9-22)27-20-28(24-6-4-3-5-7-24)31-29(21-27)25-12-14-26(15-13-25)30(34)33-18-16-32(2)17-19-33;;/h3-15,20-21H,16-19H2,1-2H3;2*1H. The molecular formula is C30H31Cl2N3O. The van der Waals surface area contributed by atoms with Crippen molar-refractivity contribution in [3.05, 3.63) is 102 Å². The van der Waals surface area contributed by atoms with Crippen molar-refractivity contribution in [1.82, 2.24) is 14.8 Å². The minimum absolute atomic E-state index is 0. The van der Waals surface area contributed by atoms with E-state index in [1.807, 2.05) is 47.4 Å². The number of amides is 1. The van der Waals surface area contributed by atoms with Gasteiger partial charge in [0.25, 0.3) is 5.91 Å². The van der Waals surface area contributed by atoms with Gasteiger partial charge < -0.3 is 9.80 Å². The third-order valence-corrected chi connectivity index (χ3v) is 6.50. The minimum Gasteiger partial charge on any atom is -0.336 e. The molecule has 1 saturated heterocycles. The Hall–Kier alpha value is -3.18. The summed E-state index contributed by atoms with van der Waals surface area (Å²) in [4.78, 5) is 22.1. The van der Waals surface area contributed by atoms with E-state index in [9.17, 15) is 4.79 Å². The molecule has 5 rings (SSSR count).